The number of nitro benzene ring substituents is 1. The molecular weight excluding hydrogens is 274 g/mol. The molecule has 0 saturated heterocycles. The minimum Gasteiger partial charge on any atom is -0.490 e. The van der Waals surface area contributed by atoms with Crippen molar-refractivity contribution in [2.24, 2.45) is 0 Å². The van der Waals surface area contributed by atoms with E-state index >= 15 is 0 Å². The van der Waals surface area contributed by atoms with Gasteiger partial charge in [0.2, 0.25) is 5.91 Å². The predicted octanol–water partition coefficient (Wildman–Crippen LogP) is 1.61. The van der Waals surface area contributed by atoms with E-state index in [0.717, 1.165) is 0 Å². The number of hydrogen-bond acceptors (Lipinski definition) is 5. The van der Waals surface area contributed by atoms with Crippen molar-refractivity contribution in [3.63, 3.8) is 0 Å². The number of carbonyl (C=O) groups is 1. The van der Waals surface area contributed by atoms with E-state index in [9.17, 15) is 14.9 Å². The fourth-order valence-electron chi connectivity index (χ4n) is 1.77. The van der Waals surface area contributed by atoms with Crippen molar-refractivity contribution in [2.75, 3.05) is 13.7 Å². The van der Waals surface area contributed by atoms with Crippen LogP contribution < -0.4 is 15.4 Å². The fraction of sp³-hybridized carbons (Fsp3) is 0.500. The number of rotatable bonds is 6. The average molecular weight is 295 g/mol. The predicted molar refractivity (Wildman–Crippen MR) is 79.3 cm³/mol. The summed E-state index contributed by atoms with van der Waals surface area (Å²) in [6, 6.07) is 4.71. The number of ether oxygens (including phenoxy) is 1. The van der Waals surface area contributed by atoms with Crippen molar-refractivity contribution in [1.82, 2.24) is 10.6 Å². The number of methoxy groups -OCH3 is 1. The van der Waals surface area contributed by atoms with E-state index in [1.165, 1.54) is 13.2 Å². The summed E-state index contributed by atoms with van der Waals surface area (Å²) >= 11 is 0. The minimum absolute atomic E-state index is 0.0871. The number of hydrogen-bond donors (Lipinski definition) is 2. The summed E-state index contributed by atoms with van der Waals surface area (Å²) in [7, 11) is 1.39. The van der Waals surface area contributed by atoms with Gasteiger partial charge in [-0.25, -0.2) is 0 Å². The molecule has 2 N–H and O–H groups in total. The Morgan fingerprint density at radius 2 is 2.05 bits per heavy atom. The first-order chi connectivity index (χ1) is 9.73. The van der Waals surface area contributed by atoms with E-state index in [-0.39, 0.29) is 29.4 Å². The highest BCUT2D eigenvalue weighted by atomic mass is 16.6. The van der Waals surface area contributed by atoms with Crippen molar-refractivity contribution in [3.8, 4) is 5.75 Å². The molecular formula is C14H21N3O4. The van der Waals surface area contributed by atoms with E-state index in [1.807, 2.05) is 20.8 Å². The van der Waals surface area contributed by atoms with Crippen LogP contribution in [-0.2, 0) is 11.3 Å². The van der Waals surface area contributed by atoms with Gasteiger partial charge in [-0.2, -0.15) is 0 Å². The van der Waals surface area contributed by atoms with Crippen LogP contribution in [0.4, 0.5) is 5.69 Å². The third kappa shape index (κ3) is 5.78. The largest absolute Gasteiger partial charge is 0.490 e. The maximum Gasteiger partial charge on any atom is 0.311 e. The molecule has 7 nitrogen and oxygen atoms in total. The lowest BCUT2D eigenvalue weighted by atomic mass is 10.1. The van der Waals surface area contributed by atoms with Crippen molar-refractivity contribution in [3.05, 3.63) is 33.9 Å². The van der Waals surface area contributed by atoms with Gasteiger partial charge in [0.1, 0.15) is 0 Å². The molecule has 0 spiro atoms. The minimum atomic E-state index is -0.491. The molecule has 0 atom stereocenters. The van der Waals surface area contributed by atoms with Crippen LogP contribution in [0.25, 0.3) is 0 Å². The molecule has 0 aliphatic heterocycles. The van der Waals surface area contributed by atoms with Gasteiger partial charge in [0, 0.05) is 18.2 Å². The van der Waals surface area contributed by atoms with Crippen LogP contribution in [0, 0.1) is 10.1 Å². The molecule has 0 saturated carbocycles. The fourth-order valence-corrected chi connectivity index (χ4v) is 1.77. The normalized spacial score (nSPS) is 11.0. The summed E-state index contributed by atoms with van der Waals surface area (Å²) in [5.41, 5.74) is 0.347. The van der Waals surface area contributed by atoms with Crippen molar-refractivity contribution in [1.29, 1.82) is 0 Å². The zero-order valence-corrected chi connectivity index (χ0v) is 12.7. The van der Waals surface area contributed by atoms with Gasteiger partial charge in [0.25, 0.3) is 0 Å². The second kappa shape index (κ2) is 7.03. The van der Waals surface area contributed by atoms with E-state index in [0.29, 0.717) is 12.1 Å². The van der Waals surface area contributed by atoms with Crippen molar-refractivity contribution in [2.45, 2.75) is 32.9 Å². The van der Waals surface area contributed by atoms with Gasteiger partial charge in [0.15, 0.2) is 5.75 Å². The maximum atomic E-state index is 11.6. The van der Waals surface area contributed by atoms with Gasteiger partial charge < -0.3 is 15.4 Å². The van der Waals surface area contributed by atoms with E-state index < -0.39 is 4.92 Å². The van der Waals surface area contributed by atoms with Crippen molar-refractivity contribution >= 4 is 11.6 Å². The van der Waals surface area contributed by atoms with Gasteiger partial charge in [-0.05, 0) is 32.4 Å². The van der Waals surface area contributed by atoms with Gasteiger partial charge in [0.05, 0.1) is 18.6 Å². The molecule has 21 heavy (non-hydrogen) atoms. The summed E-state index contributed by atoms with van der Waals surface area (Å²) in [6.07, 6.45) is 0. The summed E-state index contributed by atoms with van der Waals surface area (Å²) in [5.74, 6) is 0.0970. The second-order valence-corrected chi connectivity index (χ2v) is 5.67. The number of nitro groups is 1. The lowest BCUT2D eigenvalue weighted by molar-refractivity contribution is -0.385. The first-order valence-electron chi connectivity index (χ1n) is 6.56. The quantitative estimate of drug-likeness (QED) is 0.614. The van der Waals surface area contributed by atoms with Gasteiger partial charge in [-0.3, -0.25) is 14.9 Å². The van der Waals surface area contributed by atoms with Gasteiger partial charge >= 0.3 is 5.69 Å². The monoisotopic (exact) mass is 295 g/mol. The Bertz CT molecular complexity index is 523. The van der Waals surface area contributed by atoms with Crippen LogP contribution >= 0.6 is 0 Å². The zero-order chi connectivity index (χ0) is 16.0. The molecule has 1 aromatic rings. The van der Waals surface area contributed by atoms with Crippen LogP contribution in [-0.4, -0.2) is 30.0 Å². The molecule has 0 aliphatic rings. The maximum absolute atomic E-state index is 11.6. The molecule has 0 bridgehead atoms. The number of carbonyl (C=O) groups excluding carboxylic acids is 1. The molecule has 0 fully saturated rings. The smallest absolute Gasteiger partial charge is 0.311 e. The number of benzene rings is 1. The summed E-state index contributed by atoms with van der Waals surface area (Å²) < 4.78 is 4.93. The van der Waals surface area contributed by atoms with E-state index in [2.05, 4.69) is 10.6 Å². The highest BCUT2D eigenvalue weighted by molar-refractivity contribution is 5.78. The van der Waals surface area contributed by atoms with Crippen LogP contribution in [0.2, 0.25) is 0 Å². The molecule has 7 heteroatoms. The standard InChI is InChI=1S/C14H21N3O4/c1-14(2,3)16-13(18)9-15-8-10-5-6-12(21-4)11(7-10)17(19)20/h5-7,15H,8-9H2,1-4H3,(H,16,18). The number of nitrogens with one attached hydrogen (secondary N) is 2. The Labute approximate surface area is 123 Å². The third-order valence-electron chi connectivity index (χ3n) is 2.57. The van der Waals surface area contributed by atoms with E-state index in [1.54, 1.807) is 12.1 Å². The van der Waals surface area contributed by atoms with Crippen LogP contribution in [0.5, 0.6) is 5.75 Å². The number of nitrogens with zero attached hydrogens (tertiary/aromatic N) is 1. The van der Waals surface area contributed by atoms with Gasteiger partial charge in [-0.1, -0.05) is 6.07 Å². The van der Waals surface area contributed by atoms with Crippen LogP contribution in [0.15, 0.2) is 18.2 Å². The van der Waals surface area contributed by atoms with Crippen LogP contribution in [0.3, 0.4) is 0 Å². The first kappa shape index (κ1) is 16.9. The highest BCUT2D eigenvalue weighted by Gasteiger charge is 2.16. The molecule has 0 aliphatic carbocycles. The highest BCUT2D eigenvalue weighted by Crippen LogP contribution is 2.27. The molecule has 116 valence electrons. The molecule has 0 unspecified atom stereocenters. The average Bonchev–Trinajstić information content (AvgIpc) is 2.36. The topological polar surface area (TPSA) is 93.5 Å². The Hall–Kier alpha value is -2.15. The summed E-state index contributed by atoms with van der Waals surface area (Å²) in [6.45, 7) is 6.21. The molecule has 1 aromatic carbocycles. The molecule has 0 radical (unpaired) electrons. The summed E-state index contributed by atoms with van der Waals surface area (Å²) in [5, 5.41) is 16.7. The van der Waals surface area contributed by atoms with E-state index in [4.69, 9.17) is 4.74 Å². The lowest BCUT2D eigenvalue weighted by Crippen LogP contribution is -2.44. The van der Waals surface area contributed by atoms with Crippen LogP contribution in [0.1, 0.15) is 26.3 Å². The summed E-state index contributed by atoms with van der Waals surface area (Å²) in [4.78, 5) is 22.0. The lowest BCUT2D eigenvalue weighted by Gasteiger charge is -2.20. The van der Waals surface area contributed by atoms with Gasteiger partial charge in [-0.15, -0.1) is 0 Å². The van der Waals surface area contributed by atoms with Crippen molar-refractivity contribution < 1.29 is 14.5 Å². The zero-order valence-electron chi connectivity index (χ0n) is 12.7. The molecule has 0 aromatic heterocycles. The Balaban J connectivity index is 2.58. The third-order valence-corrected chi connectivity index (χ3v) is 2.57. The SMILES string of the molecule is COc1ccc(CNCC(=O)NC(C)(C)C)cc1[N+](=O)[O-]. The Kier molecular flexibility index (Phi) is 5.66. The Morgan fingerprint density at radius 3 is 2.57 bits per heavy atom. The molecule has 0 heterocycles. The Morgan fingerprint density at radius 1 is 1.38 bits per heavy atom. The second-order valence-electron chi connectivity index (χ2n) is 5.67. The molecule has 1 rings (SSSR count). The first-order valence-corrected chi connectivity index (χ1v) is 6.56. The molecule has 1 amide bonds. The number of amides is 1.